The molecule has 0 saturated heterocycles. The number of nitrogens with zero attached hydrogens (tertiary/aromatic N) is 4. The van der Waals surface area contributed by atoms with Gasteiger partial charge < -0.3 is 0 Å². The molecule has 0 saturated carbocycles. The molecule has 0 fully saturated rings. The molecule has 148 valence electrons. The number of anilines is 1. The van der Waals surface area contributed by atoms with Crippen LogP contribution in [0.5, 0.6) is 0 Å². The summed E-state index contributed by atoms with van der Waals surface area (Å²) in [5.41, 5.74) is 1.29. The Morgan fingerprint density at radius 1 is 1.00 bits per heavy atom. The minimum absolute atomic E-state index is 0.0140. The van der Waals surface area contributed by atoms with E-state index >= 15 is 0 Å². The van der Waals surface area contributed by atoms with E-state index < -0.39 is 15.8 Å². The van der Waals surface area contributed by atoms with Crippen molar-refractivity contribution in [3.8, 4) is 0 Å². The largest absolute Gasteiger partial charge is 0.285 e. The normalized spacial score (nSPS) is 11.7. The number of rotatable bonds is 6. The predicted octanol–water partition coefficient (Wildman–Crippen LogP) is 3.83. The van der Waals surface area contributed by atoms with Gasteiger partial charge in [0.2, 0.25) is 0 Å². The SMILES string of the molecule is CCc1nnc2c(S(=O)(=O)N(Cc3cccc(F)c3)c3ccccc3)cccn12. The number of hydrogen-bond acceptors (Lipinski definition) is 4. The topological polar surface area (TPSA) is 67.6 Å². The first-order valence-electron chi connectivity index (χ1n) is 9.15. The van der Waals surface area contributed by atoms with E-state index in [0.29, 0.717) is 23.5 Å². The average Bonchev–Trinajstić information content (AvgIpc) is 3.16. The summed E-state index contributed by atoms with van der Waals surface area (Å²) in [6, 6.07) is 17.8. The Morgan fingerprint density at radius 3 is 2.52 bits per heavy atom. The molecule has 0 unspecified atom stereocenters. The van der Waals surface area contributed by atoms with Crippen LogP contribution in [0.3, 0.4) is 0 Å². The molecule has 0 amide bonds. The molecule has 0 radical (unpaired) electrons. The minimum Gasteiger partial charge on any atom is -0.285 e. The van der Waals surface area contributed by atoms with Crippen molar-refractivity contribution >= 4 is 21.4 Å². The summed E-state index contributed by atoms with van der Waals surface area (Å²) in [6.45, 7) is 1.91. The van der Waals surface area contributed by atoms with Gasteiger partial charge in [-0.25, -0.2) is 12.8 Å². The lowest BCUT2D eigenvalue weighted by atomic mass is 10.2. The number of benzene rings is 2. The quantitative estimate of drug-likeness (QED) is 0.485. The molecule has 2 heterocycles. The molecule has 2 aromatic heterocycles. The molecule has 0 aliphatic heterocycles. The van der Waals surface area contributed by atoms with E-state index in [4.69, 9.17) is 0 Å². The Hall–Kier alpha value is -3.26. The second-order valence-electron chi connectivity index (χ2n) is 6.51. The van der Waals surface area contributed by atoms with E-state index in [2.05, 4.69) is 10.2 Å². The first-order valence-corrected chi connectivity index (χ1v) is 10.6. The molecule has 0 aliphatic carbocycles. The molecule has 0 atom stereocenters. The molecule has 0 bridgehead atoms. The molecule has 6 nitrogen and oxygen atoms in total. The first kappa shape index (κ1) is 19.1. The van der Waals surface area contributed by atoms with Crippen LogP contribution in [0, 0.1) is 5.82 Å². The Kier molecular flexibility index (Phi) is 5.02. The van der Waals surface area contributed by atoms with Crippen molar-refractivity contribution in [3.05, 3.63) is 90.1 Å². The summed E-state index contributed by atoms with van der Waals surface area (Å²) in [4.78, 5) is 0.0486. The summed E-state index contributed by atoms with van der Waals surface area (Å²) >= 11 is 0. The average molecular weight is 410 g/mol. The zero-order valence-corrected chi connectivity index (χ0v) is 16.6. The highest BCUT2D eigenvalue weighted by atomic mass is 32.2. The molecule has 8 heteroatoms. The molecule has 4 rings (SSSR count). The lowest BCUT2D eigenvalue weighted by Crippen LogP contribution is -2.31. The number of sulfonamides is 1. The smallest absolute Gasteiger partial charge is 0.268 e. The number of hydrogen-bond donors (Lipinski definition) is 0. The van der Waals surface area contributed by atoms with Gasteiger partial charge in [0.05, 0.1) is 12.2 Å². The number of fused-ring (bicyclic) bond motifs is 1. The lowest BCUT2D eigenvalue weighted by Gasteiger charge is -2.25. The third-order valence-electron chi connectivity index (χ3n) is 4.61. The maximum absolute atomic E-state index is 13.7. The summed E-state index contributed by atoms with van der Waals surface area (Å²) in [5.74, 6) is 0.258. The molecule has 2 aromatic carbocycles. The van der Waals surface area contributed by atoms with Gasteiger partial charge in [-0.3, -0.25) is 8.71 Å². The fourth-order valence-corrected chi connectivity index (χ4v) is 4.79. The van der Waals surface area contributed by atoms with E-state index in [1.807, 2.05) is 13.0 Å². The Bertz CT molecular complexity index is 1260. The molecular formula is C21H19FN4O2S. The van der Waals surface area contributed by atoms with Gasteiger partial charge in [-0.15, -0.1) is 10.2 Å². The third-order valence-corrected chi connectivity index (χ3v) is 6.41. The molecule has 0 aliphatic rings. The summed E-state index contributed by atoms with van der Waals surface area (Å²) in [6.07, 6.45) is 2.36. The molecule has 0 spiro atoms. The highest BCUT2D eigenvalue weighted by Gasteiger charge is 2.29. The Morgan fingerprint density at radius 2 is 1.79 bits per heavy atom. The second-order valence-corrected chi connectivity index (χ2v) is 8.34. The zero-order chi connectivity index (χ0) is 20.4. The fourth-order valence-electron chi connectivity index (χ4n) is 3.21. The van der Waals surface area contributed by atoms with Crippen LogP contribution in [0.1, 0.15) is 18.3 Å². The maximum atomic E-state index is 13.7. The van der Waals surface area contributed by atoms with E-state index in [-0.39, 0.29) is 17.1 Å². The van der Waals surface area contributed by atoms with Crippen LogP contribution in [0.15, 0.2) is 77.8 Å². The highest BCUT2D eigenvalue weighted by Crippen LogP contribution is 2.28. The van der Waals surface area contributed by atoms with Gasteiger partial charge in [0.25, 0.3) is 10.0 Å². The van der Waals surface area contributed by atoms with Crippen LogP contribution in [0.25, 0.3) is 5.65 Å². The minimum atomic E-state index is -4.00. The van der Waals surface area contributed by atoms with Crippen LogP contribution in [-0.4, -0.2) is 23.0 Å². The van der Waals surface area contributed by atoms with E-state index in [9.17, 15) is 12.8 Å². The van der Waals surface area contributed by atoms with E-state index in [0.717, 1.165) is 0 Å². The van der Waals surface area contributed by atoms with Crippen molar-refractivity contribution in [3.63, 3.8) is 0 Å². The van der Waals surface area contributed by atoms with Crippen molar-refractivity contribution in [2.75, 3.05) is 4.31 Å². The number of aromatic nitrogens is 3. The van der Waals surface area contributed by atoms with Crippen molar-refractivity contribution < 1.29 is 12.8 Å². The van der Waals surface area contributed by atoms with Crippen molar-refractivity contribution in [1.82, 2.24) is 14.6 Å². The lowest BCUT2D eigenvalue weighted by molar-refractivity contribution is 0.590. The van der Waals surface area contributed by atoms with Crippen LogP contribution in [0.4, 0.5) is 10.1 Å². The van der Waals surface area contributed by atoms with Gasteiger partial charge in [0.1, 0.15) is 16.5 Å². The standard InChI is InChI=1S/C21H19FN4O2S/c1-2-20-23-24-21-19(12-7-13-25(20)21)29(27,28)26(18-10-4-3-5-11-18)15-16-8-6-9-17(22)14-16/h3-14H,2,15H2,1H3. The fraction of sp³-hybridized carbons (Fsp3) is 0.143. The van der Waals surface area contributed by atoms with Crippen molar-refractivity contribution in [1.29, 1.82) is 0 Å². The number of pyridine rings is 1. The molecule has 0 N–H and O–H groups in total. The van der Waals surface area contributed by atoms with Gasteiger partial charge in [-0.1, -0.05) is 37.3 Å². The first-order chi connectivity index (χ1) is 14.0. The summed E-state index contributed by atoms with van der Waals surface area (Å²) in [7, 11) is -4.00. The van der Waals surface area contributed by atoms with Crippen LogP contribution in [0.2, 0.25) is 0 Å². The van der Waals surface area contributed by atoms with Gasteiger partial charge in [-0.2, -0.15) is 0 Å². The second kappa shape index (κ2) is 7.63. The van der Waals surface area contributed by atoms with Gasteiger partial charge in [0, 0.05) is 12.6 Å². The Balaban J connectivity index is 1.87. The van der Waals surface area contributed by atoms with Gasteiger partial charge >= 0.3 is 0 Å². The number of halogens is 1. The monoisotopic (exact) mass is 410 g/mol. The summed E-state index contributed by atoms with van der Waals surface area (Å²) in [5, 5.41) is 8.20. The number of para-hydroxylation sites is 1. The number of aryl methyl sites for hydroxylation is 1. The van der Waals surface area contributed by atoms with Crippen molar-refractivity contribution in [2.45, 2.75) is 24.8 Å². The molecular weight excluding hydrogens is 391 g/mol. The van der Waals surface area contributed by atoms with Crippen LogP contribution < -0.4 is 4.31 Å². The Labute approximate surface area is 168 Å². The van der Waals surface area contributed by atoms with Gasteiger partial charge in [-0.05, 0) is 42.0 Å². The highest BCUT2D eigenvalue weighted by molar-refractivity contribution is 7.93. The van der Waals surface area contributed by atoms with Crippen molar-refractivity contribution in [2.24, 2.45) is 0 Å². The molecule has 29 heavy (non-hydrogen) atoms. The molecule has 4 aromatic rings. The van der Waals surface area contributed by atoms with E-state index in [1.54, 1.807) is 53.1 Å². The maximum Gasteiger partial charge on any atom is 0.268 e. The third kappa shape index (κ3) is 3.58. The summed E-state index contributed by atoms with van der Waals surface area (Å²) < 4.78 is 44.0. The predicted molar refractivity (Wildman–Crippen MR) is 109 cm³/mol. The van der Waals surface area contributed by atoms with Crippen LogP contribution >= 0.6 is 0 Å². The van der Waals surface area contributed by atoms with E-state index in [1.165, 1.54) is 22.5 Å². The van der Waals surface area contributed by atoms with Crippen LogP contribution in [-0.2, 0) is 23.0 Å². The van der Waals surface area contributed by atoms with Gasteiger partial charge in [0.15, 0.2) is 5.65 Å². The zero-order valence-electron chi connectivity index (χ0n) is 15.7.